The molecule has 1 aliphatic carbocycles. The fourth-order valence-corrected chi connectivity index (χ4v) is 4.89. The van der Waals surface area contributed by atoms with Gasteiger partial charge in [0.2, 0.25) is 0 Å². The van der Waals surface area contributed by atoms with Crippen molar-refractivity contribution < 1.29 is 13.2 Å². The number of hydroxylamine groups is 1. The third-order valence-corrected chi connectivity index (χ3v) is 6.92. The number of ether oxygens (including phenoxy) is 1. The molecule has 1 aliphatic heterocycles. The Morgan fingerprint density at radius 1 is 1.28 bits per heavy atom. The maximum absolute atomic E-state index is 13.0. The molecule has 10 heteroatoms. The third-order valence-electron chi connectivity index (χ3n) is 5.57. The van der Waals surface area contributed by atoms with Gasteiger partial charge in [-0.05, 0) is 44.7 Å². The summed E-state index contributed by atoms with van der Waals surface area (Å²) in [6, 6.07) is 4.60. The minimum absolute atomic E-state index is 0.0498. The standard InChI is InChI=1S/C19H23ClN4O4S/c1-13-16-11-22(17-9-8-15(29(20,26)27)10-18(17)28-2)12-23(25)19(16)24(21-13)14-6-4-3-5-7-14/h8-11,14H,3-7,12H2,1-2H3. The molecule has 2 aliphatic rings. The van der Waals surface area contributed by atoms with Crippen molar-refractivity contribution in [3.05, 3.63) is 39.8 Å². The lowest BCUT2D eigenvalue weighted by molar-refractivity contribution is 0.314. The Labute approximate surface area is 173 Å². The molecule has 156 valence electrons. The number of nitrogens with zero attached hydrogens (tertiary/aromatic N) is 4. The summed E-state index contributed by atoms with van der Waals surface area (Å²) in [6.07, 6.45) is 7.48. The highest BCUT2D eigenvalue weighted by molar-refractivity contribution is 8.13. The maximum atomic E-state index is 13.0. The zero-order chi connectivity index (χ0) is 20.8. The monoisotopic (exact) mass is 438 g/mol. The number of benzene rings is 1. The summed E-state index contributed by atoms with van der Waals surface area (Å²) in [6.45, 7) is 1.95. The Balaban J connectivity index is 1.80. The molecule has 0 spiro atoms. The number of fused-ring (bicyclic) bond motifs is 1. The second-order valence-electron chi connectivity index (χ2n) is 7.45. The van der Waals surface area contributed by atoms with Crippen molar-refractivity contribution in [2.24, 2.45) is 0 Å². The van der Waals surface area contributed by atoms with Crippen LogP contribution < -0.4 is 25.1 Å². The molecule has 4 rings (SSSR count). The van der Waals surface area contributed by atoms with Crippen LogP contribution >= 0.6 is 10.7 Å². The average Bonchev–Trinajstić information content (AvgIpc) is 3.04. The topological polar surface area (TPSA) is 90.5 Å². The van der Waals surface area contributed by atoms with E-state index in [1.807, 2.05) is 17.8 Å². The van der Waals surface area contributed by atoms with Crippen molar-refractivity contribution in [3.63, 3.8) is 0 Å². The fraction of sp³-hybridized carbons (Fsp3) is 0.474. The van der Waals surface area contributed by atoms with Gasteiger partial charge in [-0.2, -0.15) is 0 Å². The minimum Gasteiger partial charge on any atom is -0.714 e. The molecule has 1 fully saturated rings. The smallest absolute Gasteiger partial charge is 0.312 e. The zero-order valence-corrected chi connectivity index (χ0v) is 17.9. The molecule has 0 atom stereocenters. The van der Waals surface area contributed by atoms with Gasteiger partial charge in [-0.25, -0.2) is 13.2 Å². The molecule has 2 heterocycles. The van der Waals surface area contributed by atoms with Crippen molar-refractivity contribution in [1.29, 1.82) is 0 Å². The van der Waals surface area contributed by atoms with Gasteiger partial charge in [-0.3, -0.25) is 0 Å². The molecular weight excluding hydrogens is 416 g/mol. The molecule has 1 aromatic carbocycles. The number of hydrogen-bond acceptors (Lipinski definition) is 6. The number of hydrogen-bond donors (Lipinski definition) is 0. The van der Waals surface area contributed by atoms with Gasteiger partial charge in [-0.1, -0.05) is 11.5 Å². The van der Waals surface area contributed by atoms with Gasteiger partial charge in [0.05, 0.1) is 23.4 Å². The molecule has 1 aromatic heterocycles. The molecule has 2 aromatic rings. The van der Waals surface area contributed by atoms with E-state index in [2.05, 4.69) is 5.10 Å². The number of aromatic nitrogens is 2. The lowest BCUT2D eigenvalue weighted by atomic mass is 9.96. The van der Waals surface area contributed by atoms with Gasteiger partial charge < -0.3 is 14.8 Å². The molecule has 0 amide bonds. The van der Waals surface area contributed by atoms with E-state index in [-0.39, 0.29) is 17.6 Å². The number of aryl methyl sites for hydroxylation is 1. The summed E-state index contributed by atoms with van der Waals surface area (Å²) in [7, 11) is 3.00. The van der Waals surface area contributed by atoms with Gasteiger partial charge in [-0.15, -0.1) is 4.68 Å². The van der Waals surface area contributed by atoms with Crippen molar-refractivity contribution in [2.45, 2.75) is 50.0 Å². The molecule has 0 saturated heterocycles. The third kappa shape index (κ3) is 3.69. The van der Waals surface area contributed by atoms with Crippen LogP contribution in [0, 0.1) is 12.1 Å². The Morgan fingerprint density at radius 3 is 2.66 bits per heavy atom. The highest BCUT2D eigenvalue weighted by atomic mass is 35.7. The molecular formula is C19H23ClN4O4S. The number of halogens is 1. The SMILES string of the molecule is COc1cc(S(=O)(=O)Cl)ccc1N1C=c2c(C)nn(C3CCCCC3)c2=[N+]([O-])C1. The quantitative estimate of drug-likeness (QED) is 0.411. The van der Waals surface area contributed by atoms with Crippen LogP contribution in [0.5, 0.6) is 5.75 Å². The van der Waals surface area contributed by atoms with Crippen LogP contribution in [0.2, 0.25) is 0 Å². The van der Waals surface area contributed by atoms with E-state index in [4.69, 9.17) is 15.4 Å². The summed E-state index contributed by atoms with van der Waals surface area (Å²) in [5, 5.41) is 18.5. The van der Waals surface area contributed by atoms with Gasteiger partial charge in [0, 0.05) is 22.9 Å². The summed E-state index contributed by atoms with van der Waals surface area (Å²) in [5.74, 6) is 0.317. The highest BCUT2D eigenvalue weighted by Crippen LogP contribution is 2.32. The van der Waals surface area contributed by atoms with E-state index in [1.54, 1.807) is 11.0 Å². The van der Waals surface area contributed by atoms with Crippen LogP contribution in [0.4, 0.5) is 5.69 Å². The van der Waals surface area contributed by atoms with Crippen molar-refractivity contribution >= 4 is 31.6 Å². The van der Waals surface area contributed by atoms with E-state index in [9.17, 15) is 13.6 Å². The van der Waals surface area contributed by atoms with Crippen LogP contribution in [-0.4, -0.2) is 32.0 Å². The molecule has 0 N–H and O–H groups in total. The van der Waals surface area contributed by atoms with Crippen molar-refractivity contribution in [3.8, 4) is 5.75 Å². The maximum Gasteiger partial charge on any atom is 0.312 e. The largest absolute Gasteiger partial charge is 0.714 e. The van der Waals surface area contributed by atoms with E-state index < -0.39 is 9.05 Å². The molecule has 0 radical (unpaired) electrons. The predicted octanol–water partition coefficient (Wildman–Crippen LogP) is 1.84. The molecule has 0 unspecified atom stereocenters. The summed E-state index contributed by atoms with van der Waals surface area (Å²) < 4.78 is 31.4. The number of anilines is 1. The highest BCUT2D eigenvalue weighted by Gasteiger charge is 2.28. The molecule has 0 bridgehead atoms. The average molecular weight is 439 g/mol. The van der Waals surface area contributed by atoms with E-state index >= 15 is 0 Å². The Morgan fingerprint density at radius 2 is 2.00 bits per heavy atom. The van der Waals surface area contributed by atoms with E-state index in [1.165, 1.54) is 25.7 Å². The van der Waals surface area contributed by atoms with Crippen LogP contribution in [0.1, 0.15) is 43.8 Å². The normalized spacial score (nSPS) is 17.8. The first-order chi connectivity index (χ1) is 13.8. The lowest BCUT2D eigenvalue weighted by Gasteiger charge is -2.26. The Kier molecular flexibility index (Phi) is 5.20. The predicted molar refractivity (Wildman–Crippen MR) is 111 cm³/mol. The first-order valence-corrected chi connectivity index (χ1v) is 11.9. The van der Waals surface area contributed by atoms with E-state index in [0.29, 0.717) is 16.9 Å². The number of methoxy groups -OCH3 is 1. The zero-order valence-electron chi connectivity index (χ0n) is 16.3. The second kappa shape index (κ2) is 7.53. The van der Waals surface area contributed by atoms with Crippen LogP contribution in [-0.2, 0) is 9.05 Å². The molecule has 29 heavy (non-hydrogen) atoms. The van der Waals surface area contributed by atoms with Crippen molar-refractivity contribution in [1.82, 2.24) is 14.5 Å². The lowest BCUT2D eigenvalue weighted by Crippen LogP contribution is -2.51. The summed E-state index contributed by atoms with van der Waals surface area (Å²) >= 11 is 0. The van der Waals surface area contributed by atoms with Crippen molar-refractivity contribution in [2.75, 3.05) is 18.7 Å². The minimum atomic E-state index is -3.88. The second-order valence-corrected chi connectivity index (χ2v) is 10.0. The molecule has 1 saturated carbocycles. The van der Waals surface area contributed by atoms with Gasteiger partial charge in [0.1, 0.15) is 17.0 Å². The van der Waals surface area contributed by atoms with Crippen LogP contribution in [0.25, 0.3) is 6.20 Å². The van der Waals surface area contributed by atoms with Crippen LogP contribution in [0.3, 0.4) is 0 Å². The van der Waals surface area contributed by atoms with Gasteiger partial charge >= 0.3 is 5.49 Å². The van der Waals surface area contributed by atoms with E-state index in [0.717, 1.165) is 41.3 Å². The fourth-order valence-electron chi connectivity index (χ4n) is 4.12. The Bertz CT molecular complexity index is 1170. The first kappa shape index (κ1) is 20.0. The molecule has 8 nitrogen and oxygen atoms in total. The Hall–Kier alpha value is -2.26. The number of rotatable bonds is 4. The van der Waals surface area contributed by atoms with Gasteiger partial charge in [0.25, 0.3) is 9.05 Å². The first-order valence-electron chi connectivity index (χ1n) is 9.57. The van der Waals surface area contributed by atoms with Crippen LogP contribution in [0.15, 0.2) is 23.1 Å². The van der Waals surface area contributed by atoms with Gasteiger partial charge in [0.15, 0.2) is 6.67 Å². The summed E-state index contributed by atoms with van der Waals surface area (Å²) in [4.78, 5) is 1.68. The summed E-state index contributed by atoms with van der Waals surface area (Å²) in [5.41, 5.74) is 1.95.